The summed E-state index contributed by atoms with van der Waals surface area (Å²) in [6.45, 7) is 13.5. The van der Waals surface area contributed by atoms with Crippen LogP contribution >= 0.6 is 0 Å². The Balaban J connectivity index is 1.32. The molecule has 0 spiro atoms. The normalized spacial score (nSPS) is 16.6. The highest BCUT2D eigenvalue weighted by Crippen LogP contribution is 2.43. The SMILES string of the molecule is CCCc1nn(-c2cc(C)cc(Oc3ccc4c5ccccc5n(-c5cc(C)ccn5)c4c3)c2)c(CCC)c1[C@@H]1C(C)=CCC[C@@H]1C. The highest BCUT2D eigenvalue weighted by molar-refractivity contribution is 6.09. The molecule has 3 heterocycles. The van der Waals surface area contributed by atoms with Crippen LogP contribution in [0.1, 0.15) is 87.4 Å². The molecule has 6 aromatic rings. The molecule has 1 aliphatic carbocycles. The van der Waals surface area contributed by atoms with Gasteiger partial charge in [-0.3, -0.25) is 4.57 Å². The Hall–Kier alpha value is -4.64. The van der Waals surface area contributed by atoms with Gasteiger partial charge in [0, 0.05) is 46.3 Å². The first kappa shape index (κ1) is 31.0. The highest BCUT2D eigenvalue weighted by Gasteiger charge is 2.31. The number of ether oxygens (including phenoxy) is 1. The van der Waals surface area contributed by atoms with E-state index in [2.05, 4.69) is 124 Å². The van der Waals surface area contributed by atoms with Gasteiger partial charge in [0.15, 0.2) is 0 Å². The molecule has 7 rings (SSSR count). The summed E-state index contributed by atoms with van der Waals surface area (Å²) in [6.07, 6.45) is 10.9. The lowest BCUT2D eigenvalue weighted by Crippen LogP contribution is -2.18. The first-order valence-electron chi connectivity index (χ1n) is 17.4. The number of hydrogen-bond acceptors (Lipinski definition) is 3. The number of aryl methyl sites for hydroxylation is 3. The smallest absolute Gasteiger partial charge is 0.137 e. The van der Waals surface area contributed by atoms with Crippen molar-refractivity contribution in [3.05, 3.63) is 119 Å². The average molecular weight is 623 g/mol. The van der Waals surface area contributed by atoms with Crippen molar-refractivity contribution < 1.29 is 4.74 Å². The maximum Gasteiger partial charge on any atom is 0.137 e. The summed E-state index contributed by atoms with van der Waals surface area (Å²) < 4.78 is 11.2. The standard InChI is InChI=1S/C42H46N4O/c1-7-12-36-42(41-29(5)14-11-15-30(41)6)38(13-8-2)46(44-36)31-22-28(4)23-33(25-31)47-32-18-19-35-34-16-9-10-17-37(34)45(39(35)26-32)40-24-27(3)20-21-43-40/h9-10,14,16-26,30,41H,7-8,11-13,15H2,1-6H3/t30-,41+/m0/s1. The molecular formula is C42H46N4O. The third-order valence-electron chi connectivity index (χ3n) is 9.82. The van der Waals surface area contributed by atoms with Crippen LogP contribution in [0.5, 0.6) is 11.5 Å². The Kier molecular flexibility index (Phi) is 8.48. The minimum absolute atomic E-state index is 0.433. The molecule has 47 heavy (non-hydrogen) atoms. The zero-order valence-corrected chi connectivity index (χ0v) is 28.7. The quantitative estimate of drug-likeness (QED) is 0.151. The van der Waals surface area contributed by atoms with Crippen LogP contribution in [0.3, 0.4) is 0 Å². The molecule has 0 N–H and O–H groups in total. The molecule has 0 aliphatic heterocycles. The number of para-hydroxylation sites is 1. The second-order valence-electron chi connectivity index (χ2n) is 13.5. The number of nitrogens with zero attached hydrogens (tertiary/aromatic N) is 4. The summed E-state index contributed by atoms with van der Waals surface area (Å²) in [5.74, 6) is 3.56. The zero-order valence-electron chi connectivity index (χ0n) is 28.7. The van der Waals surface area contributed by atoms with E-state index in [0.29, 0.717) is 11.8 Å². The summed E-state index contributed by atoms with van der Waals surface area (Å²) in [5, 5.41) is 7.75. The summed E-state index contributed by atoms with van der Waals surface area (Å²) in [7, 11) is 0. The highest BCUT2D eigenvalue weighted by atomic mass is 16.5. The predicted molar refractivity (Wildman–Crippen MR) is 195 cm³/mol. The van der Waals surface area contributed by atoms with E-state index in [-0.39, 0.29) is 0 Å². The second kappa shape index (κ2) is 12.9. The van der Waals surface area contributed by atoms with E-state index < -0.39 is 0 Å². The monoisotopic (exact) mass is 622 g/mol. The fraction of sp³-hybridized carbons (Fsp3) is 0.333. The lowest BCUT2D eigenvalue weighted by molar-refractivity contribution is 0.445. The van der Waals surface area contributed by atoms with Crippen molar-refractivity contribution in [1.29, 1.82) is 0 Å². The minimum Gasteiger partial charge on any atom is -0.457 e. The van der Waals surface area contributed by atoms with E-state index in [1.165, 1.54) is 51.7 Å². The van der Waals surface area contributed by atoms with Crippen LogP contribution in [0.15, 0.2) is 90.6 Å². The minimum atomic E-state index is 0.433. The van der Waals surface area contributed by atoms with Crippen molar-refractivity contribution in [1.82, 2.24) is 19.3 Å². The topological polar surface area (TPSA) is 44.9 Å². The van der Waals surface area contributed by atoms with Crippen molar-refractivity contribution in [3.63, 3.8) is 0 Å². The number of benzene rings is 3. The summed E-state index contributed by atoms with van der Waals surface area (Å²) in [6, 6.07) is 25.6. The average Bonchev–Trinajstić information content (AvgIpc) is 3.56. The molecule has 0 bridgehead atoms. The van der Waals surface area contributed by atoms with Gasteiger partial charge in [-0.2, -0.15) is 5.10 Å². The Morgan fingerprint density at radius 1 is 0.809 bits per heavy atom. The number of aromatic nitrogens is 4. The molecule has 5 nitrogen and oxygen atoms in total. The van der Waals surface area contributed by atoms with Gasteiger partial charge in [-0.25, -0.2) is 9.67 Å². The number of allylic oxidation sites excluding steroid dienone is 2. The van der Waals surface area contributed by atoms with Gasteiger partial charge < -0.3 is 4.74 Å². The molecule has 1 aliphatic rings. The molecule has 240 valence electrons. The largest absolute Gasteiger partial charge is 0.457 e. The Morgan fingerprint density at radius 3 is 2.40 bits per heavy atom. The Morgan fingerprint density at radius 2 is 1.62 bits per heavy atom. The van der Waals surface area contributed by atoms with Crippen molar-refractivity contribution in [2.75, 3.05) is 0 Å². The molecule has 3 aromatic carbocycles. The third kappa shape index (κ3) is 5.77. The van der Waals surface area contributed by atoms with Gasteiger partial charge in [0.1, 0.15) is 17.3 Å². The fourth-order valence-corrected chi connectivity index (χ4v) is 7.76. The molecule has 5 heteroatoms. The van der Waals surface area contributed by atoms with Crippen LogP contribution in [0.4, 0.5) is 0 Å². The maximum absolute atomic E-state index is 6.69. The zero-order chi connectivity index (χ0) is 32.7. The van der Waals surface area contributed by atoms with Crippen LogP contribution in [-0.2, 0) is 12.8 Å². The van der Waals surface area contributed by atoms with E-state index in [0.717, 1.165) is 65.3 Å². The molecule has 0 amide bonds. The molecule has 0 saturated heterocycles. The maximum atomic E-state index is 6.69. The molecular weight excluding hydrogens is 576 g/mol. The van der Waals surface area contributed by atoms with Crippen LogP contribution in [0.2, 0.25) is 0 Å². The van der Waals surface area contributed by atoms with E-state index in [1.807, 2.05) is 12.3 Å². The number of rotatable bonds is 9. The molecule has 0 unspecified atom stereocenters. The number of fused-ring (bicyclic) bond motifs is 3. The second-order valence-corrected chi connectivity index (χ2v) is 13.5. The molecule has 0 fully saturated rings. The van der Waals surface area contributed by atoms with Gasteiger partial charge >= 0.3 is 0 Å². The van der Waals surface area contributed by atoms with Crippen molar-refractivity contribution in [2.45, 2.75) is 86.0 Å². The van der Waals surface area contributed by atoms with Gasteiger partial charge in [-0.15, -0.1) is 0 Å². The van der Waals surface area contributed by atoms with Crippen molar-refractivity contribution >= 4 is 21.8 Å². The molecule has 0 saturated carbocycles. The molecule has 0 radical (unpaired) electrons. The summed E-state index contributed by atoms with van der Waals surface area (Å²) >= 11 is 0. The van der Waals surface area contributed by atoms with Crippen LogP contribution in [0, 0.1) is 19.8 Å². The van der Waals surface area contributed by atoms with Gasteiger partial charge in [0.2, 0.25) is 0 Å². The molecule has 3 aromatic heterocycles. The fourth-order valence-electron chi connectivity index (χ4n) is 7.76. The van der Waals surface area contributed by atoms with E-state index in [1.54, 1.807) is 0 Å². The van der Waals surface area contributed by atoms with Gasteiger partial charge in [0.25, 0.3) is 0 Å². The van der Waals surface area contributed by atoms with Gasteiger partial charge in [0.05, 0.1) is 22.4 Å². The number of hydrogen-bond donors (Lipinski definition) is 0. The van der Waals surface area contributed by atoms with Crippen LogP contribution in [-0.4, -0.2) is 19.3 Å². The summed E-state index contributed by atoms with van der Waals surface area (Å²) in [4.78, 5) is 4.75. The first-order valence-corrected chi connectivity index (χ1v) is 17.4. The van der Waals surface area contributed by atoms with Gasteiger partial charge in [-0.05, 0) is 106 Å². The van der Waals surface area contributed by atoms with Crippen molar-refractivity contribution in [3.8, 4) is 23.0 Å². The Bertz CT molecular complexity index is 2110. The van der Waals surface area contributed by atoms with Crippen molar-refractivity contribution in [2.24, 2.45) is 5.92 Å². The number of pyridine rings is 1. The predicted octanol–water partition coefficient (Wildman–Crippen LogP) is 11.1. The van der Waals surface area contributed by atoms with Gasteiger partial charge in [-0.1, -0.05) is 63.5 Å². The van der Waals surface area contributed by atoms with E-state index in [9.17, 15) is 0 Å². The lowest BCUT2D eigenvalue weighted by atomic mass is 9.74. The third-order valence-corrected chi connectivity index (χ3v) is 9.82. The summed E-state index contributed by atoms with van der Waals surface area (Å²) in [5.41, 5.74) is 11.2. The first-order chi connectivity index (χ1) is 22.9. The van der Waals surface area contributed by atoms with Crippen LogP contribution in [0.25, 0.3) is 33.3 Å². The van der Waals surface area contributed by atoms with Crippen LogP contribution < -0.4 is 4.74 Å². The Labute approximate surface area is 278 Å². The molecule has 2 atom stereocenters. The lowest BCUT2D eigenvalue weighted by Gasteiger charge is -2.30. The van der Waals surface area contributed by atoms with E-state index >= 15 is 0 Å². The van der Waals surface area contributed by atoms with E-state index in [4.69, 9.17) is 14.8 Å².